The van der Waals surface area contributed by atoms with Crippen LogP contribution in [0.15, 0.2) is 60.7 Å². The topological polar surface area (TPSA) is 100 Å². The van der Waals surface area contributed by atoms with E-state index in [9.17, 15) is 9.59 Å². The molecular weight excluding hydrogens is 422 g/mol. The lowest BCUT2D eigenvalue weighted by Crippen LogP contribution is -2.44. The Hall–Kier alpha value is -3.23. The zero-order valence-electron chi connectivity index (χ0n) is 17.8. The maximum absolute atomic E-state index is 12.8. The van der Waals surface area contributed by atoms with Crippen molar-refractivity contribution >= 4 is 29.0 Å². The van der Waals surface area contributed by atoms with Crippen molar-refractivity contribution in [2.24, 2.45) is 0 Å². The maximum Gasteiger partial charge on any atom is 0.273 e. The van der Waals surface area contributed by atoms with Crippen LogP contribution in [0, 0.1) is 0 Å². The van der Waals surface area contributed by atoms with Gasteiger partial charge >= 0.3 is 0 Å². The fraction of sp³-hybridized carbons (Fsp3) is 0.292. The van der Waals surface area contributed by atoms with E-state index in [1.54, 1.807) is 0 Å². The normalized spacial score (nSPS) is 14.8. The molecule has 0 aliphatic carbocycles. The fourth-order valence-corrected chi connectivity index (χ4v) is 4.52. The summed E-state index contributed by atoms with van der Waals surface area (Å²) in [6.45, 7) is 3.14. The third-order valence-electron chi connectivity index (χ3n) is 5.62. The zero-order valence-corrected chi connectivity index (χ0v) is 18.6. The van der Waals surface area contributed by atoms with E-state index in [0.29, 0.717) is 11.4 Å². The number of nitrogens with one attached hydrogen (secondary N) is 2. The second-order valence-electron chi connectivity index (χ2n) is 7.95. The molecule has 7 nitrogen and oxygen atoms in total. The molecule has 0 bridgehead atoms. The van der Waals surface area contributed by atoms with Gasteiger partial charge in [0, 0.05) is 32.2 Å². The summed E-state index contributed by atoms with van der Waals surface area (Å²) in [4.78, 5) is 27.9. The molecule has 4 N–H and O–H groups in total. The van der Waals surface area contributed by atoms with Gasteiger partial charge in [0.1, 0.15) is 4.88 Å². The van der Waals surface area contributed by atoms with Crippen molar-refractivity contribution in [3.63, 3.8) is 0 Å². The molecule has 1 aliphatic heterocycles. The number of aromatic nitrogens is 1. The number of carbonyl (C=O) groups is 2. The number of amides is 2. The van der Waals surface area contributed by atoms with Crippen molar-refractivity contribution in [2.75, 3.05) is 18.8 Å². The van der Waals surface area contributed by atoms with Gasteiger partial charge in [-0.1, -0.05) is 60.7 Å². The van der Waals surface area contributed by atoms with Crippen LogP contribution in [0.25, 0.3) is 0 Å². The number of carbonyl (C=O) groups excluding carboxylic acids is 2. The lowest BCUT2D eigenvalue weighted by molar-refractivity contribution is 0.0913. The Morgan fingerprint density at radius 3 is 2.25 bits per heavy atom. The molecule has 0 saturated carbocycles. The van der Waals surface area contributed by atoms with Gasteiger partial charge in [-0.3, -0.25) is 14.5 Å². The van der Waals surface area contributed by atoms with E-state index in [2.05, 4.69) is 44.2 Å². The molecule has 32 heavy (non-hydrogen) atoms. The van der Waals surface area contributed by atoms with Crippen molar-refractivity contribution in [3.05, 3.63) is 82.4 Å². The van der Waals surface area contributed by atoms with E-state index in [-0.39, 0.29) is 29.2 Å². The van der Waals surface area contributed by atoms with Gasteiger partial charge in [-0.05, 0) is 35.5 Å². The fourth-order valence-electron chi connectivity index (χ4n) is 3.81. The molecule has 1 aliphatic rings. The average molecular weight is 450 g/mol. The molecule has 1 saturated heterocycles. The molecule has 1 aromatic heterocycles. The molecular formula is C24H27N5O2S. The number of piperidine rings is 1. The van der Waals surface area contributed by atoms with Gasteiger partial charge in [-0.25, -0.2) is 0 Å². The Morgan fingerprint density at radius 1 is 0.969 bits per heavy atom. The predicted molar refractivity (Wildman–Crippen MR) is 126 cm³/mol. The van der Waals surface area contributed by atoms with E-state index < -0.39 is 0 Å². The first-order valence-corrected chi connectivity index (χ1v) is 11.5. The monoisotopic (exact) mass is 449 g/mol. The lowest BCUT2D eigenvalue weighted by atomic mass is 10.0. The van der Waals surface area contributed by atoms with Gasteiger partial charge < -0.3 is 16.4 Å². The lowest BCUT2D eigenvalue weighted by Gasteiger charge is -2.32. The molecule has 0 atom stereocenters. The molecule has 2 amide bonds. The molecule has 4 rings (SSSR count). The molecule has 8 heteroatoms. The third kappa shape index (κ3) is 5.52. The van der Waals surface area contributed by atoms with E-state index >= 15 is 0 Å². The number of hydrogen-bond acceptors (Lipinski definition) is 6. The first-order valence-electron chi connectivity index (χ1n) is 10.7. The van der Waals surface area contributed by atoms with Gasteiger partial charge in [0.25, 0.3) is 11.8 Å². The second-order valence-corrected chi connectivity index (χ2v) is 8.73. The summed E-state index contributed by atoms with van der Waals surface area (Å²) in [5, 5.41) is 5.87. The highest BCUT2D eigenvalue weighted by atomic mass is 32.1. The number of benzene rings is 2. The highest BCUT2D eigenvalue weighted by Gasteiger charge is 2.25. The molecule has 2 aromatic carbocycles. The van der Waals surface area contributed by atoms with Crippen LogP contribution < -0.4 is 16.4 Å². The van der Waals surface area contributed by atoms with Gasteiger partial charge in [-0.15, -0.1) is 0 Å². The Kier molecular flexibility index (Phi) is 7.14. The number of nitrogens with zero attached hydrogens (tertiary/aromatic N) is 2. The molecule has 0 radical (unpaired) electrons. The smallest absolute Gasteiger partial charge is 0.273 e. The zero-order chi connectivity index (χ0) is 22.3. The summed E-state index contributed by atoms with van der Waals surface area (Å²) in [7, 11) is 0. The summed E-state index contributed by atoms with van der Waals surface area (Å²) >= 11 is 0.967. The van der Waals surface area contributed by atoms with Crippen LogP contribution in [0.5, 0.6) is 0 Å². The number of nitrogen functional groups attached to an aromatic ring is 1. The van der Waals surface area contributed by atoms with E-state index in [1.807, 2.05) is 36.4 Å². The van der Waals surface area contributed by atoms with Crippen LogP contribution in [0.1, 0.15) is 44.1 Å². The molecule has 1 fully saturated rings. The SMILES string of the molecule is Nc1c(C(=O)NCc2ccccc2)nsc1C(=O)NC1CCN(Cc2ccccc2)CC1. The van der Waals surface area contributed by atoms with Crippen molar-refractivity contribution in [2.45, 2.75) is 32.0 Å². The first kappa shape index (κ1) is 22.0. The van der Waals surface area contributed by atoms with Crippen molar-refractivity contribution in [1.29, 1.82) is 0 Å². The van der Waals surface area contributed by atoms with E-state index in [4.69, 9.17) is 5.73 Å². The number of nitrogens with two attached hydrogens (primary N) is 1. The minimum absolute atomic E-state index is 0.0892. The van der Waals surface area contributed by atoms with Crippen LogP contribution >= 0.6 is 11.5 Å². The van der Waals surface area contributed by atoms with Crippen LogP contribution in [-0.4, -0.2) is 40.2 Å². The van der Waals surface area contributed by atoms with Crippen LogP contribution in [0.4, 0.5) is 5.69 Å². The summed E-state index contributed by atoms with van der Waals surface area (Å²) in [5.74, 6) is -0.639. The molecule has 2 heterocycles. The number of hydrogen-bond donors (Lipinski definition) is 3. The van der Waals surface area contributed by atoms with Crippen LogP contribution in [0.2, 0.25) is 0 Å². The number of rotatable bonds is 7. The highest BCUT2D eigenvalue weighted by molar-refractivity contribution is 7.09. The Bertz CT molecular complexity index is 1050. The van der Waals surface area contributed by atoms with Gasteiger partial charge in [0.05, 0.1) is 5.69 Å². The number of anilines is 1. The Labute approximate surface area is 191 Å². The minimum Gasteiger partial charge on any atom is -0.395 e. The minimum atomic E-state index is -0.379. The summed E-state index contributed by atoms with van der Waals surface area (Å²) in [6.07, 6.45) is 1.75. The first-order chi connectivity index (χ1) is 15.6. The molecule has 0 unspecified atom stereocenters. The maximum atomic E-state index is 12.8. The molecule has 3 aromatic rings. The Balaban J connectivity index is 1.28. The van der Waals surface area contributed by atoms with E-state index in [0.717, 1.165) is 49.6 Å². The highest BCUT2D eigenvalue weighted by Crippen LogP contribution is 2.23. The average Bonchev–Trinajstić information content (AvgIpc) is 3.21. The standard InChI is InChI=1S/C24H27N5O2S/c25-20-21(23(30)26-15-17-7-3-1-4-8-17)28-32-22(20)24(31)27-19-11-13-29(14-12-19)16-18-9-5-2-6-10-18/h1-10,19H,11-16,25H2,(H,26,30)(H,27,31). The summed E-state index contributed by atoms with van der Waals surface area (Å²) in [5.41, 5.74) is 8.62. The second kappa shape index (κ2) is 10.4. The van der Waals surface area contributed by atoms with Crippen LogP contribution in [0.3, 0.4) is 0 Å². The van der Waals surface area contributed by atoms with Gasteiger partial charge in [0.15, 0.2) is 5.69 Å². The van der Waals surface area contributed by atoms with Crippen molar-refractivity contribution in [3.8, 4) is 0 Å². The van der Waals surface area contributed by atoms with Gasteiger partial charge in [-0.2, -0.15) is 4.37 Å². The summed E-state index contributed by atoms with van der Waals surface area (Å²) in [6, 6.07) is 20.1. The summed E-state index contributed by atoms with van der Waals surface area (Å²) < 4.78 is 4.14. The molecule has 0 spiro atoms. The Morgan fingerprint density at radius 2 is 1.59 bits per heavy atom. The van der Waals surface area contributed by atoms with Crippen molar-refractivity contribution < 1.29 is 9.59 Å². The third-order valence-corrected chi connectivity index (χ3v) is 6.48. The van der Waals surface area contributed by atoms with Crippen LogP contribution in [-0.2, 0) is 13.1 Å². The number of likely N-dealkylation sites (tertiary alicyclic amines) is 1. The predicted octanol–water partition coefficient (Wildman–Crippen LogP) is 3.05. The molecule has 166 valence electrons. The largest absolute Gasteiger partial charge is 0.395 e. The van der Waals surface area contributed by atoms with E-state index in [1.165, 1.54) is 5.56 Å². The van der Waals surface area contributed by atoms with Gasteiger partial charge in [0.2, 0.25) is 0 Å². The quantitative estimate of drug-likeness (QED) is 0.515. The van der Waals surface area contributed by atoms with Crippen molar-refractivity contribution in [1.82, 2.24) is 19.9 Å².